The Balaban J connectivity index is 2.27. The summed E-state index contributed by atoms with van der Waals surface area (Å²) in [7, 11) is 0. The number of hydrogen-bond acceptors (Lipinski definition) is 4. The Labute approximate surface area is 116 Å². The van der Waals surface area contributed by atoms with Gasteiger partial charge in [-0.15, -0.1) is 0 Å². The van der Waals surface area contributed by atoms with Crippen LogP contribution in [0.2, 0.25) is 0 Å². The molecule has 0 bridgehead atoms. The highest BCUT2D eigenvalue weighted by atomic mass is 16.6. The molecule has 0 amide bonds. The van der Waals surface area contributed by atoms with Crippen molar-refractivity contribution in [2.24, 2.45) is 0 Å². The zero-order chi connectivity index (χ0) is 14.7. The first-order valence-corrected chi connectivity index (χ1v) is 6.02. The fourth-order valence-electron chi connectivity index (χ4n) is 2.00. The van der Waals surface area contributed by atoms with E-state index in [1.54, 1.807) is 44.2 Å². The third-order valence-electron chi connectivity index (χ3n) is 2.87. The fourth-order valence-corrected chi connectivity index (χ4v) is 2.00. The zero-order valence-electron chi connectivity index (χ0n) is 11.1. The molecule has 0 aliphatic heterocycles. The third kappa shape index (κ3) is 2.83. The highest BCUT2D eigenvalue weighted by Crippen LogP contribution is 2.28. The number of carbonyl (C=O) groups excluding carboxylic acids is 1. The molecule has 0 N–H and O–H groups in total. The summed E-state index contributed by atoms with van der Waals surface area (Å²) < 4.78 is 5.24. The lowest BCUT2D eigenvalue weighted by Gasteiger charge is -2.07. The van der Waals surface area contributed by atoms with E-state index in [4.69, 9.17) is 4.74 Å². The zero-order valence-corrected chi connectivity index (χ0v) is 11.1. The maximum atomic E-state index is 11.9. The lowest BCUT2D eigenvalue weighted by atomic mass is 10.1. The number of nitrogens with zero attached hydrogens (tertiary/aromatic N) is 1. The summed E-state index contributed by atoms with van der Waals surface area (Å²) in [5.41, 5.74) is 1.40. The molecular weight excluding hydrogens is 258 g/mol. The number of carbonyl (C=O) groups is 1. The molecule has 0 radical (unpaired) electrons. The van der Waals surface area contributed by atoms with Gasteiger partial charge in [-0.25, -0.2) is 4.79 Å². The summed E-state index contributed by atoms with van der Waals surface area (Å²) in [6.45, 7) is 3.23. The Bertz CT molecular complexity index is 642. The van der Waals surface area contributed by atoms with Crippen LogP contribution >= 0.6 is 0 Å². The normalized spacial score (nSPS) is 10.1. The highest BCUT2D eigenvalue weighted by molar-refractivity contribution is 5.91. The van der Waals surface area contributed by atoms with Gasteiger partial charge in [-0.05, 0) is 38.1 Å². The molecule has 0 saturated heterocycles. The van der Waals surface area contributed by atoms with Gasteiger partial charge in [-0.2, -0.15) is 0 Å². The van der Waals surface area contributed by atoms with E-state index in [9.17, 15) is 14.9 Å². The number of nitro groups is 1. The van der Waals surface area contributed by atoms with E-state index in [1.807, 2.05) is 0 Å². The molecule has 0 atom stereocenters. The van der Waals surface area contributed by atoms with Crippen LogP contribution in [0.4, 0.5) is 5.69 Å². The molecule has 0 heterocycles. The van der Waals surface area contributed by atoms with Gasteiger partial charge >= 0.3 is 5.97 Å². The lowest BCUT2D eigenvalue weighted by Crippen LogP contribution is -2.08. The first-order chi connectivity index (χ1) is 9.49. The van der Waals surface area contributed by atoms with Gasteiger partial charge in [-0.3, -0.25) is 10.1 Å². The van der Waals surface area contributed by atoms with E-state index in [0.717, 1.165) is 0 Å². The second-order valence-electron chi connectivity index (χ2n) is 4.42. The Morgan fingerprint density at radius 3 is 2.15 bits per heavy atom. The van der Waals surface area contributed by atoms with Crippen molar-refractivity contribution >= 4 is 11.7 Å². The SMILES string of the molecule is Cc1cc(OC(=O)c2ccccc2)cc(C)c1[N+](=O)[O-]. The number of rotatable bonds is 3. The topological polar surface area (TPSA) is 69.4 Å². The third-order valence-corrected chi connectivity index (χ3v) is 2.87. The van der Waals surface area contributed by atoms with Gasteiger partial charge in [-0.1, -0.05) is 18.2 Å². The summed E-state index contributed by atoms with van der Waals surface area (Å²) in [5.74, 6) is -0.183. The molecule has 0 aromatic heterocycles. The van der Waals surface area contributed by atoms with Crippen molar-refractivity contribution in [2.45, 2.75) is 13.8 Å². The smallest absolute Gasteiger partial charge is 0.343 e. The molecule has 0 aliphatic carbocycles. The minimum absolute atomic E-state index is 0.0458. The molecule has 0 spiro atoms. The van der Waals surface area contributed by atoms with Crippen molar-refractivity contribution in [1.29, 1.82) is 0 Å². The summed E-state index contributed by atoms with van der Waals surface area (Å²) in [6, 6.07) is 11.6. The van der Waals surface area contributed by atoms with Crippen molar-refractivity contribution in [3.8, 4) is 5.75 Å². The second-order valence-corrected chi connectivity index (χ2v) is 4.42. The highest BCUT2D eigenvalue weighted by Gasteiger charge is 2.17. The van der Waals surface area contributed by atoms with E-state index in [1.165, 1.54) is 12.1 Å². The van der Waals surface area contributed by atoms with Crippen molar-refractivity contribution in [1.82, 2.24) is 0 Å². The van der Waals surface area contributed by atoms with Crippen LogP contribution in [-0.4, -0.2) is 10.9 Å². The molecule has 2 aromatic carbocycles. The van der Waals surface area contributed by atoms with E-state index in [2.05, 4.69) is 0 Å². The van der Waals surface area contributed by atoms with Crippen LogP contribution in [0.1, 0.15) is 21.5 Å². The summed E-state index contributed by atoms with van der Waals surface area (Å²) in [4.78, 5) is 22.4. The first kappa shape index (κ1) is 13.7. The van der Waals surface area contributed by atoms with E-state index < -0.39 is 10.9 Å². The molecule has 2 aromatic rings. The van der Waals surface area contributed by atoms with Gasteiger partial charge < -0.3 is 4.74 Å². The van der Waals surface area contributed by atoms with Crippen LogP contribution in [0.15, 0.2) is 42.5 Å². The molecule has 2 rings (SSSR count). The van der Waals surface area contributed by atoms with Gasteiger partial charge in [0.25, 0.3) is 5.69 Å². The van der Waals surface area contributed by atoms with Crippen molar-refractivity contribution in [2.75, 3.05) is 0 Å². The molecule has 20 heavy (non-hydrogen) atoms. The Morgan fingerprint density at radius 2 is 1.65 bits per heavy atom. The summed E-state index contributed by atoms with van der Waals surface area (Å²) >= 11 is 0. The quantitative estimate of drug-likeness (QED) is 0.371. The molecule has 0 unspecified atom stereocenters. The van der Waals surface area contributed by atoms with Crippen molar-refractivity contribution in [3.05, 3.63) is 69.3 Å². The lowest BCUT2D eigenvalue weighted by molar-refractivity contribution is -0.386. The Hall–Kier alpha value is -2.69. The average molecular weight is 271 g/mol. The number of aryl methyl sites for hydroxylation is 2. The van der Waals surface area contributed by atoms with E-state index >= 15 is 0 Å². The van der Waals surface area contributed by atoms with Gasteiger partial charge in [0.15, 0.2) is 0 Å². The van der Waals surface area contributed by atoms with Crippen LogP contribution in [0.25, 0.3) is 0 Å². The van der Waals surface area contributed by atoms with Gasteiger partial charge in [0.2, 0.25) is 0 Å². The molecule has 0 aliphatic rings. The standard InChI is InChI=1S/C15H13NO4/c1-10-8-13(9-11(2)14(10)16(18)19)20-15(17)12-6-4-3-5-7-12/h3-9H,1-2H3. The molecule has 102 valence electrons. The molecule has 0 fully saturated rings. The monoisotopic (exact) mass is 271 g/mol. The van der Waals surface area contributed by atoms with Crippen LogP contribution in [-0.2, 0) is 0 Å². The Kier molecular flexibility index (Phi) is 3.79. The maximum Gasteiger partial charge on any atom is 0.343 e. The number of ether oxygens (including phenoxy) is 1. The molecular formula is C15H13NO4. The van der Waals surface area contributed by atoms with Crippen molar-refractivity contribution < 1.29 is 14.5 Å². The number of hydrogen-bond donors (Lipinski definition) is 0. The van der Waals surface area contributed by atoms with Crippen LogP contribution in [0.3, 0.4) is 0 Å². The van der Waals surface area contributed by atoms with E-state index in [0.29, 0.717) is 22.4 Å². The summed E-state index contributed by atoms with van der Waals surface area (Å²) in [6.07, 6.45) is 0. The maximum absolute atomic E-state index is 11.9. The van der Waals surface area contributed by atoms with Gasteiger partial charge in [0.05, 0.1) is 10.5 Å². The van der Waals surface area contributed by atoms with Crippen molar-refractivity contribution in [3.63, 3.8) is 0 Å². The number of nitro benzene ring substituents is 1. The van der Waals surface area contributed by atoms with Crippen LogP contribution in [0, 0.1) is 24.0 Å². The number of benzene rings is 2. The first-order valence-electron chi connectivity index (χ1n) is 6.02. The Morgan fingerprint density at radius 1 is 1.10 bits per heavy atom. The van der Waals surface area contributed by atoms with Crippen LogP contribution in [0.5, 0.6) is 5.75 Å². The van der Waals surface area contributed by atoms with Crippen LogP contribution < -0.4 is 4.74 Å². The van der Waals surface area contributed by atoms with Gasteiger partial charge in [0, 0.05) is 11.1 Å². The minimum Gasteiger partial charge on any atom is -0.423 e. The second kappa shape index (κ2) is 5.52. The predicted molar refractivity (Wildman–Crippen MR) is 74.0 cm³/mol. The fraction of sp³-hybridized carbons (Fsp3) is 0.133. The number of esters is 1. The largest absolute Gasteiger partial charge is 0.423 e. The average Bonchev–Trinajstić information content (AvgIpc) is 2.38. The van der Waals surface area contributed by atoms with E-state index in [-0.39, 0.29) is 5.69 Å². The molecule has 0 saturated carbocycles. The predicted octanol–water partition coefficient (Wildman–Crippen LogP) is 3.43. The molecule has 5 heteroatoms. The van der Waals surface area contributed by atoms with Gasteiger partial charge in [0.1, 0.15) is 5.75 Å². The molecule has 5 nitrogen and oxygen atoms in total. The summed E-state index contributed by atoms with van der Waals surface area (Å²) in [5, 5.41) is 10.9. The minimum atomic E-state index is -0.488.